The number of benzene rings is 1. The van der Waals surface area contributed by atoms with Gasteiger partial charge in [0.05, 0.1) is 5.56 Å². The molecule has 6 heteroatoms. The van der Waals surface area contributed by atoms with Gasteiger partial charge in [-0.05, 0) is 37.2 Å². The van der Waals surface area contributed by atoms with E-state index in [1.54, 1.807) is 12.1 Å². The Morgan fingerprint density at radius 3 is 2.50 bits per heavy atom. The molecule has 2 aliphatic heterocycles. The molecule has 2 aromatic rings. The van der Waals surface area contributed by atoms with Gasteiger partial charge >= 0.3 is 0 Å². The molecular weight excluding hydrogens is 352 g/mol. The Morgan fingerprint density at radius 1 is 1.00 bits per heavy atom. The molecule has 1 saturated heterocycles. The molecule has 0 aliphatic carbocycles. The first-order valence-corrected chi connectivity index (χ1v) is 9.98. The number of amides is 1. The number of aromatic hydroxyl groups is 1. The number of nitrogens with zero attached hydrogens (tertiary/aromatic N) is 4. The van der Waals surface area contributed by atoms with Gasteiger partial charge in [-0.1, -0.05) is 12.2 Å². The fourth-order valence-corrected chi connectivity index (χ4v) is 4.05. The number of carbonyl (C=O) groups excluding carboxylic acids is 1. The molecule has 1 aromatic heterocycles. The summed E-state index contributed by atoms with van der Waals surface area (Å²) in [6, 6.07) is 7.43. The summed E-state index contributed by atoms with van der Waals surface area (Å²) < 4.78 is 1.95. The summed E-state index contributed by atoms with van der Waals surface area (Å²) in [6.07, 6.45) is 9.04. The molecule has 1 amide bonds. The van der Waals surface area contributed by atoms with Crippen molar-refractivity contribution in [3.63, 3.8) is 0 Å². The van der Waals surface area contributed by atoms with Crippen LogP contribution in [-0.4, -0.2) is 71.2 Å². The third kappa shape index (κ3) is 4.07. The highest BCUT2D eigenvalue weighted by molar-refractivity contribution is 5.98. The number of phenolic OH excluding ortho intramolecular Hbond substituents is 1. The second-order valence-electron chi connectivity index (χ2n) is 7.64. The molecule has 1 N–H and O–H groups in total. The fraction of sp³-hybridized carbons (Fsp3) is 0.409. The van der Waals surface area contributed by atoms with Crippen molar-refractivity contribution >= 4 is 17.7 Å². The molecule has 2 aliphatic rings. The number of carbonyl (C=O) groups is 1. The van der Waals surface area contributed by atoms with Gasteiger partial charge in [-0.3, -0.25) is 9.69 Å². The first kappa shape index (κ1) is 18.6. The molecule has 0 saturated carbocycles. The van der Waals surface area contributed by atoms with E-state index in [9.17, 15) is 9.90 Å². The largest absolute Gasteiger partial charge is 0.508 e. The number of aromatic nitrogens is 1. The van der Waals surface area contributed by atoms with Crippen LogP contribution in [-0.2, 0) is 7.05 Å². The Balaban J connectivity index is 1.24. The van der Waals surface area contributed by atoms with Crippen LogP contribution < -0.4 is 4.90 Å². The number of hydrogen-bond acceptors (Lipinski definition) is 4. The molecule has 0 spiro atoms. The number of rotatable bonds is 5. The van der Waals surface area contributed by atoms with Crippen molar-refractivity contribution in [1.29, 1.82) is 0 Å². The summed E-state index contributed by atoms with van der Waals surface area (Å²) in [5, 5.41) is 9.43. The van der Waals surface area contributed by atoms with Gasteiger partial charge in [0.25, 0.3) is 5.91 Å². The van der Waals surface area contributed by atoms with E-state index in [1.165, 1.54) is 0 Å². The Kier molecular flexibility index (Phi) is 5.39. The smallest absolute Gasteiger partial charge is 0.256 e. The zero-order valence-corrected chi connectivity index (χ0v) is 16.4. The number of aryl methyl sites for hydroxylation is 1. The van der Waals surface area contributed by atoms with Crippen LogP contribution in [0.4, 0.5) is 5.69 Å². The lowest BCUT2D eigenvalue weighted by Gasteiger charge is -2.36. The van der Waals surface area contributed by atoms with Crippen molar-refractivity contribution in [2.45, 2.75) is 6.42 Å². The van der Waals surface area contributed by atoms with E-state index in [2.05, 4.69) is 22.0 Å². The summed E-state index contributed by atoms with van der Waals surface area (Å²) in [6.45, 7) is 6.52. The van der Waals surface area contributed by atoms with E-state index in [0.717, 1.165) is 62.5 Å². The Morgan fingerprint density at radius 2 is 1.75 bits per heavy atom. The zero-order chi connectivity index (χ0) is 19.5. The predicted octanol–water partition coefficient (Wildman–Crippen LogP) is 2.41. The number of phenols is 1. The van der Waals surface area contributed by atoms with Crippen LogP contribution in [0.3, 0.4) is 0 Å². The minimum absolute atomic E-state index is 0.137. The molecule has 6 nitrogen and oxygen atoms in total. The monoisotopic (exact) mass is 380 g/mol. The Hall–Kier alpha value is -2.73. The topological polar surface area (TPSA) is 52.0 Å². The van der Waals surface area contributed by atoms with Gasteiger partial charge in [0, 0.05) is 70.0 Å². The summed E-state index contributed by atoms with van der Waals surface area (Å²) in [7, 11) is 1.96. The fourth-order valence-electron chi connectivity index (χ4n) is 4.05. The summed E-state index contributed by atoms with van der Waals surface area (Å²) in [5.41, 5.74) is 2.98. The highest BCUT2D eigenvalue weighted by Gasteiger charge is 2.22. The Bertz CT molecular complexity index is 848. The lowest BCUT2D eigenvalue weighted by molar-refractivity contribution is 0.0767. The zero-order valence-electron chi connectivity index (χ0n) is 16.4. The van der Waals surface area contributed by atoms with Gasteiger partial charge < -0.3 is 19.5 Å². The van der Waals surface area contributed by atoms with Crippen LogP contribution in [0.15, 0.2) is 42.7 Å². The van der Waals surface area contributed by atoms with E-state index in [-0.39, 0.29) is 5.91 Å². The molecule has 28 heavy (non-hydrogen) atoms. The van der Waals surface area contributed by atoms with Crippen molar-refractivity contribution < 1.29 is 9.90 Å². The maximum atomic E-state index is 12.8. The number of piperazine rings is 1. The van der Waals surface area contributed by atoms with Gasteiger partial charge in [-0.15, -0.1) is 0 Å². The standard InChI is InChI=1S/C22H28N4O2/c1-23-16-18-4-2-10-26(22(28)21(18)17-23)11-3-9-24-12-14-25(15-13-24)19-5-7-20(27)8-6-19/h2,4-8,16-17,27H,3,9-15H2,1H3. The van der Waals surface area contributed by atoms with E-state index in [0.29, 0.717) is 12.3 Å². The summed E-state index contributed by atoms with van der Waals surface area (Å²) in [4.78, 5) is 19.6. The average molecular weight is 380 g/mol. The highest BCUT2D eigenvalue weighted by atomic mass is 16.3. The Labute approximate surface area is 166 Å². The van der Waals surface area contributed by atoms with Gasteiger partial charge in [0.15, 0.2) is 0 Å². The minimum atomic E-state index is 0.137. The average Bonchev–Trinajstić information content (AvgIpc) is 3.01. The minimum Gasteiger partial charge on any atom is -0.508 e. The van der Waals surface area contributed by atoms with Crippen LogP contribution >= 0.6 is 0 Å². The van der Waals surface area contributed by atoms with Crippen LogP contribution in [0.25, 0.3) is 6.08 Å². The van der Waals surface area contributed by atoms with Gasteiger partial charge in [-0.2, -0.15) is 0 Å². The van der Waals surface area contributed by atoms with E-state index in [1.807, 2.05) is 41.0 Å². The van der Waals surface area contributed by atoms with Crippen LogP contribution in [0.1, 0.15) is 22.3 Å². The maximum absolute atomic E-state index is 12.8. The lowest BCUT2D eigenvalue weighted by atomic mass is 10.2. The molecule has 0 bridgehead atoms. The van der Waals surface area contributed by atoms with Crippen molar-refractivity contribution in [2.24, 2.45) is 7.05 Å². The van der Waals surface area contributed by atoms with Crippen LogP contribution in [0.2, 0.25) is 0 Å². The number of fused-ring (bicyclic) bond motifs is 1. The lowest BCUT2D eigenvalue weighted by Crippen LogP contribution is -2.47. The molecule has 1 aromatic carbocycles. The normalized spacial score (nSPS) is 17.7. The van der Waals surface area contributed by atoms with Crippen LogP contribution in [0, 0.1) is 0 Å². The van der Waals surface area contributed by atoms with E-state index in [4.69, 9.17) is 0 Å². The first-order chi connectivity index (χ1) is 13.6. The second kappa shape index (κ2) is 8.10. The van der Waals surface area contributed by atoms with Crippen molar-refractivity contribution in [1.82, 2.24) is 14.4 Å². The summed E-state index contributed by atoms with van der Waals surface area (Å²) in [5.74, 6) is 0.445. The third-order valence-electron chi connectivity index (χ3n) is 5.62. The second-order valence-corrected chi connectivity index (χ2v) is 7.64. The van der Waals surface area contributed by atoms with Gasteiger partial charge in [0.1, 0.15) is 5.75 Å². The van der Waals surface area contributed by atoms with E-state index < -0.39 is 0 Å². The first-order valence-electron chi connectivity index (χ1n) is 9.98. The SMILES string of the molecule is Cn1cc2c(c1)C(=O)N(CCCN1CCN(c3ccc(O)cc3)CC1)CC=C2. The highest BCUT2D eigenvalue weighted by Crippen LogP contribution is 2.20. The molecular formula is C22H28N4O2. The molecule has 0 atom stereocenters. The summed E-state index contributed by atoms with van der Waals surface area (Å²) >= 11 is 0. The van der Waals surface area contributed by atoms with Crippen molar-refractivity contribution in [2.75, 3.05) is 50.7 Å². The van der Waals surface area contributed by atoms with E-state index >= 15 is 0 Å². The quantitative estimate of drug-likeness (QED) is 0.866. The van der Waals surface area contributed by atoms with Gasteiger partial charge in [0.2, 0.25) is 0 Å². The molecule has 3 heterocycles. The van der Waals surface area contributed by atoms with Crippen molar-refractivity contribution in [3.8, 4) is 5.75 Å². The molecule has 1 fully saturated rings. The molecule has 0 unspecified atom stereocenters. The number of anilines is 1. The molecule has 4 rings (SSSR count). The van der Waals surface area contributed by atoms with Crippen molar-refractivity contribution in [3.05, 3.63) is 53.9 Å². The number of hydrogen-bond donors (Lipinski definition) is 1. The maximum Gasteiger partial charge on any atom is 0.256 e. The van der Waals surface area contributed by atoms with Gasteiger partial charge in [-0.25, -0.2) is 0 Å². The molecule has 148 valence electrons. The third-order valence-corrected chi connectivity index (χ3v) is 5.62. The molecule has 0 radical (unpaired) electrons. The predicted molar refractivity (Wildman–Crippen MR) is 112 cm³/mol. The van der Waals surface area contributed by atoms with Crippen LogP contribution in [0.5, 0.6) is 5.75 Å².